The fourth-order valence-electron chi connectivity index (χ4n) is 2.79. The van der Waals surface area contributed by atoms with Crippen LogP contribution in [0.25, 0.3) is 0 Å². The molecule has 0 amide bonds. The second-order valence-electron chi connectivity index (χ2n) is 4.68. The zero-order chi connectivity index (χ0) is 11.5. The summed E-state index contributed by atoms with van der Waals surface area (Å²) < 4.78 is 11.0. The molecule has 0 spiro atoms. The topological polar surface area (TPSA) is 50.4 Å². The van der Waals surface area contributed by atoms with Crippen molar-refractivity contribution in [1.82, 2.24) is 15.1 Å². The Morgan fingerprint density at radius 1 is 1.24 bits per heavy atom. The zero-order valence-corrected chi connectivity index (χ0v) is 9.97. The molecule has 0 saturated carbocycles. The summed E-state index contributed by atoms with van der Waals surface area (Å²) in [5.74, 6) is 0. The Kier molecular flexibility index (Phi) is 3.40. The lowest BCUT2D eigenvalue weighted by molar-refractivity contribution is -0.0578. The van der Waals surface area contributed by atoms with Gasteiger partial charge in [-0.1, -0.05) is 0 Å². The van der Waals surface area contributed by atoms with Crippen LogP contribution in [0.4, 0.5) is 0 Å². The van der Waals surface area contributed by atoms with Crippen molar-refractivity contribution >= 4 is 0 Å². The molecule has 0 aliphatic carbocycles. The molecule has 5 nitrogen and oxygen atoms in total. The number of aromatic amines is 1. The average molecular weight is 237 g/mol. The van der Waals surface area contributed by atoms with Crippen LogP contribution in [0.3, 0.4) is 0 Å². The number of aromatic nitrogens is 2. The molecule has 1 unspecified atom stereocenters. The highest BCUT2D eigenvalue weighted by Crippen LogP contribution is 2.28. The smallest absolute Gasteiger partial charge is 0.0755 e. The van der Waals surface area contributed by atoms with Crippen LogP contribution < -0.4 is 0 Å². The Balaban J connectivity index is 1.75. The molecule has 2 saturated heterocycles. The fraction of sp³-hybridized carbons (Fsp3) is 0.750. The van der Waals surface area contributed by atoms with Crippen molar-refractivity contribution in [1.29, 1.82) is 0 Å². The van der Waals surface area contributed by atoms with Gasteiger partial charge in [0.25, 0.3) is 0 Å². The minimum atomic E-state index is 0.328. The van der Waals surface area contributed by atoms with Gasteiger partial charge >= 0.3 is 0 Å². The molecule has 17 heavy (non-hydrogen) atoms. The van der Waals surface area contributed by atoms with E-state index in [1.807, 2.05) is 12.3 Å². The molecule has 0 bridgehead atoms. The lowest BCUT2D eigenvalue weighted by Gasteiger charge is -2.41. The highest BCUT2D eigenvalue weighted by atomic mass is 16.5. The van der Waals surface area contributed by atoms with E-state index in [1.54, 1.807) is 0 Å². The van der Waals surface area contributed by atoms with Crippen molar-refractivity contribution < 1.29 is 9.47 Å². The number of nitrogens with zero attached hydrogens (tertiary/aromatic N) is 2. The van der Waals surface area contributed by atoms with E-state index in [9.17, 15) is 0 Å². The van der Waals surface area contributed by atoms with Gasteiger partial charge in [0.05, 0.1) is 24.9 Å². The molecule has 1 aromatic rings. The SMILES string of the molecule is c1cc(C2COCCN2C2CCOCC2)[nH]n1. The van der Waals surface area contributed by atoms with Crippen molar-refractivity contribution in [2.45, 2.75) is 24.9 Å². The van der Waals surface area contributed by atoms with Gasteiger partial charge in [0.15, 0.2) is 0 Å². The number of rotatable bonds is 2. The molecule has 1 aromatic heterocycles. The minimum absolute atomic E-state index is 0.328. The van der Waals surface area contributed by atoms with Gasteiger partial charge in [0, 0.05) is 32.0 Å². The molecule has 1 N–H and O–H groups in total. The van der Waals surface area contributed by atoms with Gasteiger partial charge in [-0.05, 0) is 18.9 Å². The molecule has 5 heteroatoms. The molecule has 0 aromatic carbocycles. The summed E-state index contributed by atoms with van der Waals surface area (Å²) in [6, 6.07) is 3.00. The highest BCUT2D eigenvalue weighted by Gasteiger charge is 2.32. The molecule has 0 radical (unpaired) electrons. The number of hydrogen-bond donors (Lipinski definition) is 1. The quantitative estimate of drug-likeness (QED) is 0.832. The van der Waals surface area contributed by atoms with Crippen LogP contribution in [-0.4, -0.2) is 54.1 Å². The molecular formula is C12H19N3O2. The second-order valence-corrected chi connectivity index (χ2v) is 4.68. The summed E-state index contributed by atoms with van der Waals surface area (Å²) in [7, 11) is 0. The Morgan fingerprint density at radius 3 is 2.88 bits per heavy atom. The van der Waals surface area contributed by atoms with Crippen molar-refractivity contribution in [3.05, 3.63) is 18.0 Å². The van der Waals surface area contributed by atoms with Crippen LogP contribution >= 0.6 is 0 Å². The number of ether oxygens (including phenoxy) is 2. The first kappa shape index (κ1) is 11.2. The summed E-state index contributed by atoms with van der Waals surface area (Å²) in [5, 5.41) is 7.12. The summed E-state index contributed by atoms with van der Waals surface area (Å²) >= 11 is 0. The summed E-state index contributed by atoms with van der Waals surface area (Å²) in [5.41, 5.74) is 1.16. The van der Waals surface area contributed by atoms with Gasteiger partial charge in [0.2, 0.25) is 0 Å². The molecule has 2 aliphatic rings. The van der Waals surface area contributed by atoms with Crippen molar-refractivity contribution in [2.24, 2.45) is 0 Å². The third-order valence-corrected chi connectivity index (χ3v) is 3.71. The predicted octanol–water partition coefficient (Wildman–Crippen LogP) is 0.962. The molecular weight excluding hydrogens is 218 g/mol. The molecule has 3 rings (SSSR count). The highest BCUT2D eigenvalue weighted by molar-refractivity contribution is 5.07. The zero-order valence-electron chi connectivity index (χ0n) is 9.97. The van der Waals surface area contributed by atoms with Gasteiger partial charge in [-0.15, -0.1) is 0 Å². The Hall–Kier alpha value is -0.910. The van der Waals surface area contributed by atoms with E-state index < -0.39 is 0 Å². The molecule has 2 aliphatic heterocycles. The second kappa shape index (κ2) is 5.16. The van der Waals surface area contributed by atoms with E-state index in [0.29, 0.717) is 12.1 Å². The Morgan fingerprint density at radius 2 is 2.12 bits per heavy atom. The average Bonchev–Trinajstić information content (AvgIpc) is 2.94. The van der Waals surface area contributed by atoms with Crippen molar-refractivity contribution in [3.8, 4) is 0 Å². The third kappa shape index (κ3) is 2.36. The van der Waals surface area contributed by atoms with Gasteiger partial charge in [-0.25, -0.2) is 0 Å². The number of nitrogens with one attached hydrogen (secondary N) is 1. The molecule has 94 valence electrons. The van der Waals surface area contributed by atoms with E-state index >= 15 is 0 Å². The van der Waals surface area contributed by atoms with Gasteiger partial charge in [-0.2, -0.15) is 5.10 Å². The Labute approximate surface area is 101 Å². The van der Waals surface area contributed by atoms with Crippen LogP contribution in [0.2, 0.25) is 0 Å². The van der Waals surface area contributed by atoms with E-state index in [-0.39, 0.29) is 0 Å². The fourth-order valence-corrected chi connectivity index (χ4v) is 2.79. The maximum absolute atomic E-state index is 5.61. The van der Waals surface area contributed by atoms with E-state index in [0.717, 1.165) is 51.5 Å². The standard InChI is InChI=1S/C12H19N3O2/c1-4-13-14-11(1)12-9-17-8-5-15(12)10-2-6-16-7-3-10/h1,4,10,12H,2-3,5-9H2,(H,13,14). The van der Waals surface area contributed by atoms with Crippen molar-refractivity contribution in [3.63, 3.8) is 0 Å². The molecule has 1 atom stereocenters. The monoisotopic (exact) mass is 237 g/mol. The van der Waals surface area contributed by atoms with Crippen LogP contribution in [0.1, 0.15) is 24.6 Å². The van der Waals surface area contributed by atoms with Crippen LogP contribution in [0, 0.1) is 0 Å². The lowest BCUT2D eigenvalue weighted by Crippen LogP contribution is -2.47. The predicted molar refractivity (Wildman–Crippen MR) is 62.7 cm³/mol. The number of H-pyrrole nitrogens is 1. The third-order valence-electron chi connectivity index (χ3n) is 3.71. The molecule has 2 fully saturated rings. The van der Waals surface area contributed by atoms with E-state index in [2.05, 4.69) is 15.1 Å². The van der Waals surface area contributed by atoms with Gasteiger partial charge in [0.1, 0.15) is 0 Å². The maximum atomic E-state index is 5.61. The van der Waals surface area contributed by atoms with Crippen LogP contribution in [0.15, 0.2) is 12.3 Å². The normalized spacial score (nSPS) is 28.4. The van der Waals surface area contributed by atoms with E-state index in [4.69, 9.17) is 9.47 Å². The van der Waals surface area contributed by atoms with Gasteiger partial charge in [-0.3, -0.25) is 10.00 Å². The maximum Gasteiger partial charge on any atom is 0.0755 e. The first-order valence-corrected chi connectivity index (χ1v) is 6.35. The summed E-state index contributed by atoms with van der Waals surface area (Å²) in [4.78, 5) is 2.56. The lowest BCUT2D eigenvalue weighted by atomic mass is 10.0. The summed E-state index contributed by atoms with van der Waals surface area (Å²) in [6.07, 6.45) is 4.07. The van der Waals surface area contributed by atoms with Crippen molar-refractivity contribution in [2.75, 3.05) is 33.0 Å². The first-order valence-electron chi connectivity index (χ1n) is 6.35. The molecule has 3 heterocycles. The number of morpholine rings is 1. The van der Waals surface area contributed by atoms with E-state index in [1.165, 1.54) is 0 Å². The van der Waals surface area contributed by atoms with Crippen LogP contribution in [0.5, 0.6) is 0 Å². The summed E-state index contributed by atoms with van der Waals surface area (Å²) in [6.45, 7) is 4.38. The largest absolute Gasteiger partial charge is 0.381 e. The minimum Gasteiger partial charge on any atom is -0.381 e. The van der Waals surface area contributed by atoms with Crippen LogP contribution in [-0.2, 0) is 9.47 Å². The van der Waals surface area contributed by atoms with Gasteiger partial charge < -0.3 is 9.47 Å². The first-order chi connectivity index (χ1) is 8.45. The Bertz CT molecular complexity index is 336. The number of hydrogen-bond acceptors (Lipinski definition) is 4.